The minimum atomic E-state index is -4.10. The Hall–Kier alpha value is -3.36. The predicted molar refractivity (Wildman–Crippen MR) is 147 cm³/mol. The lowest BCUT2D eigenvalue weighted by atomic mass is 10.1. The molecule has 0 aromatic heterocycles. The van der Waals surface area contributed by atoms with Crippen molar-refractivity contribution >= 4 is 39.1 Å². The van der Waals surface area contributed by atoms with E-state index >= 15 is 0 Å². The van der Waals surface area contributed by atoms with E-state index in [9.17, 15) is 18.0 Å². The molecular weight excluding hydrogens is 510 g/mol. The molecule has 196 valence electrons. The average molecular weight is 542 g/mol. The van der Waals surface area contributed by atoms with Crippen molar-refractivity contribution in [2.45, 2.75) is 45.2 Å². The van der Waals surface area contributed by atoms with Crippen LogP contribution in [0.4, 0.5) is 5.69 Å². The summed E-state index contributed by atoms with van der Waals surface area (Å²) in [6, 6.07) is 19.7. The summed E-state index contributed by atoms with van der Waals surface area (Å²) >= 11 is 6.36. The molecule has 2 amide bonds. The predicted octanol–water partition coefficient (Wildman–Crippen LogP) is 4.71. The second-order valence-electron chi connectivity index (χ2n) is 8.79. The van der Waals surface area contributed by atoms with Gasteiger partial charge >= 0.3 is 0 Å². The van der Waals surface area contributed by atoms with Crippen LogP contribution in [0.15, 0.2) is 77.7 Å². The summed E-state index contributed by atoms with van der Waals surface area (Å²) < 4.78 is 28.8. The molecule has 0 saturated heterocycles. The van der Waals surface area contributed by atoms with Gasteiger partial charge in [0.25, 0.3) is 10.0 Å². The summed E-state index contributed by atoms with van der Waals surface area (Å²) in [6.07, 6.45) is 0. The molecule has 1 atom stereocenters. The Morgan fingerprint density at radius 3 is 2.19 bits per heavy atom. The molecule has 7 nitrogen and oxygen atoms in total. The van der Waals surface area contributed by atoms with E-state index in [1.165, 1.54) is 17.0 Å². The highest BCUT2D eigenvalue weighted by molar-refractivity contribution is 7.92. The zero-order valence-electron chi connectivity index (χ0n) is 21.4. The van der Waals surface area contributed by atoms with Gasteiger partial charge in [-0.2, -0.15) is 0 Å². The van der Waals surface area contributed by atoms with Crippen molar-refractivity contribution in [3.63, 3.8) is 0 Å². The molecular formula is C28H32ClN3O4S. The van der Waals surface area contributed by atoms with Crippen molar-refractivity contribution in [1.29, 1.82) is 0 Å². The normalized spacial score (nSPS) is 12.0. The zero-order chi connectivity index (χ0) is 27.2. The van der Waals surface area contributed by atoms with Gasteiger partial charge in [0.15, 0.2) is 0 Å². The molecule has 0 saturated carbocycles. The molecule has 0 bridgehead atoms. The number of carbonyl (C=O) groups excluding carboxylic acids is 2. The highest BCUT2D eigenvalue weighted by Gasteiger charge is 2.33. The quantitative estimate of drug-likeness (QED) is 0.403. The molecule has 37 heavy (non-hydrogen) atoms. The monoisotopic (exact) mass is 541 g/mol. The Balaban J connectivity index is 2.05. The number of sulfonamides is 1. The van der Waals surface area contributed by atoms with E-state index in [-0.39, 0.29) is 17.3 Å². The number of aryl methyl sites for hydroxylation is 2. The van der Waals surface area contributed by atoms with E-state index in [0.29, 0.717) is 28.4 Å². The highest BCUT2D eigenvalue weighted by Crippen LogP contribution is 2.28. The summed E-state index contributed by atoms with van der Waals surface area (Å²) in [6.45, 7) is 7.02. The van der Waals surface area contributed by atoms with Crippen LogP contribution in [0, 0.1) is 13.8 Å². The van der Waals surface area contributed by atoms with Crippen LogP contribution >= 0.6 is 11.6 Å². The van der Waals surface area contributed by atoms with Crippen LogP contribution in [-0.2, 0) is 26.2 Å². The van der Waals surface area contributed by atoms with Crippen molar-refractivity contribution in [3.8, 4) is 0 Å². The first-order valence-corrected chi connectivity index (χ1v) is 13.8. The van der Waals surface area contributed by atoms with E-state index in [2.05, 4.69) is 5.32 Å². The smallest absolute Gasteiger partial charge is 0.264 e. The van der Waals surface area contributed by atoms with Gasteiger partial charge in [-0.15, -0.1) is 0 Å². The van der Waals surface area contributed by atoms with Gasteiger partial charge < -0.3 is 10.2 Å². The number of benzene rings is 3. The number of hydrogen-bond acceptors (Lipinski definition) is 4. The van der Waals surface area contributed by atoms with E-state index in [1.807, 2.05) is 6.92 Å². The summed E-state index contributed by atoms with van der Waals surface area (Å²) in [7, 11) is -4.10. The maximum Gasteiger partial charge on any atom is 0.264 e. The van der Waals surface area contributed by atoms with Crippen molar-refractivity contribution in [2.24, 2.45) is 0 Å². The number of anilines is 1. The van der Waals surface area contributed by atoms with Crippen LogP contribution in [0.2, 0.25) is 5.02 Å². The van der Waals surface area contributed by atoms with E-state index in [1.54, 1.807) is 81.4 Å². The Labute approximate surface area is 224 Å². The van der Waals surface area contributed by atoms with Crippen molar-refractivity contribution in [3.05, 3.63) is 94.5 Å². The Morgan fingerprint density at radius 2 is 1.57 bits per heavy atom. The van der Waals surface area contributed by atoms with Crippen LogP contribution in [0.1, 0.15) is 30.5 Å². The Bertz CT molecular complexity index is 1360. The van der Waals surface area contributed by atoms with Gasteiger partial charge in [-0.1, -0.05) is 65.7 Å². The van der Waals surface area contributed by atoms with Crippen LogP contribution in [0.3, 0.4) is 0 Å². The molecule has 3 aromatic carbocycles. The summed E-state index contributed by atoms with van der Waals surface area (Å²) in [4.78, 5) is 28.0. The number of para-hydroxylation sites is 1. The maximum absolute atomic E-state index is 13.8. The summed E-state index contributed by atoms with van der Waals surface area (Å²) in [5, 5.41) is 3.19. The minimum absolute atomic E-state index is 0.0446. The fraction of sp³-hybridized carbons (Fsp3) is 0.286. The molecule has 0 aliphatic rings. The Kier molecular flexibility index (Phi) is 9.34. The number of halogens is 1. The fourth-order valence-corrected chi connectivity index (χ4v) is 5.58. The molecule has 0 radical (unpaired) electrons. The molecule has 0 heterocycles. The van der Waals surface area contributed by atoms with Gasteiger partial charge in [-0.3, -0.25) is 13.9 Å². The third-order valence-corrected chi connectivity index (χ3v) is 8.23. The molecule has 1 N–H and O–H groups in total. The van der Waals surface area contributed by atoms with Gasteiger partial charge in [-0.05, 0) is 63.1 Å². The molecule has 9 heteroatoms. The van der Waals surface area contributed by atoms with E-state index in [4.69, 9.17) is 11.6 Å². The number of amides is 2. The zero-order valence-corrected chi connectivity index (χ0v) is 23.0. The highest BCUT2D eigenvalue weighted by atomic mass is 35.5. The minimum Gasteiger partial charge on any atom is -0.355 e. The van der Waals surface area contributed by atoms with Gasteiger partial charge in [0.1, 0.15) is 12.6 Å². The third kappa shape index (κ3) is 6.70. The molecule has 0 aliphatic carbocycles. The lowest BCUT2D eigenvalue weighted by Crippen LogP contribution is -2.51. The maximum atomic E-state index is 13.8. The first-order chi connectivity index (χ1) is 17.6. The van der Waals surface area contributed by atoms with Crippen molar-refractivity contribution in [1.82, 2.24) is 10.2 Å². The lowest BCUT2D eigenvalue weighted by Gasteiger charge is -2.32. The number of carbonyl (C=O) groups is 2. The van der Waals surface area contributed by atoms with Crippen molar-refractivity contribution < 1.29 is 18.0 Å². The fourth-order valence-electron chi connectivity index (χ4n) is 3.91. The van der Waals surface area contributed by atoms with Crippen LogP contribution in [-0.4, -0.2) is 44.3 Å². The summed E-state index contributed by atoms with van der Waals surface area (Å²) in [5.74, 6) is -0.871. The molecule has 3 rings (SSSR count). The SMILES string of the molecule is CCNC(=O)C(C)N(Cc1ccccc1Cl)C(=O)CN(c1ccccc1C)S(=O)(=O)c1ccc(C)cc1. The number of likely N-dealkylation sites (N-methyl/N-ethyl adjacent to an activating group) is 1. The average Bonchev–Trinajstić information content (AvgIpc) is 2.87. The molecule has 0 fully saturated rings. The second kappa shape index (κ2) is 12.3. The lowest BCUT2D eigenvalue weighted by molar-refractivity contribution is -0.139. The van der Waals surface area contributed by atoms with Crippen LogP contribution in [0.25, 0.3) is 0 Å². The van der Waals surface area contributed by atoms with Gasteiger partial charge in [0.2, 0.25) is 11.8 Å². The van der Waals surface area contributed by atoms with E-state index < -0.39 is 28.5 Å². The summed E-state index contributed by atoms with van der Waals surface area (Å²) in [5.41, 5.74) is 2.65. The van der Waals surface area contributed by atoms with Gasteiger partial charge in [-0.25, -0.2) is 8.42 Å². The second-order valence-corrected chi connectivity index (χ2v) is 11.1. The molecule has 0 aliphatic heterocycles. The van der Waals surface area contributed by atoms with Gasteiger partial charge in [0, 0.05) is 18.1 Å². The van der Waals surface area contributed by atoms with E-state index in [0.717, 1.165) is 9.87 Å². The largest absolute Gasteiger partial charge is 0.355 e. The third-order valence-electron chi connectivity index (χ3n) is 6.09. The number of rotatable bonds is 10. The van der Waals surface area contributed by atoms with Crippen LogP contribution < -0.4 is 9.62 Å². The van der Waals surface area contributed by atoms with Crippen molar-refractivity contribution in [2.75, 3.05) is 17.4 Å². The number of nitrogens with one attached hydrogen (secondary N) is 1. The molecule has 1 unspecified atom stereocenters. The van der Waals surface area contributed by atoms with Gasteiger partial charge in [0.05, 0.1) is 10.6 Å². The molecule has 0 spiro atoms. The topological polar surface area (TPSA) is 86.8 Å². The van der Waals surface area contributed by atoms with Crippen LogP contribution in [0.5, 0.6) is 0 Å². The first kappa shape index (κ1) is 28.2. The Morgan fingerprint density at radius 1 is 0.946 bits per heavy atom. The molecule has 3 aromatic rings. The number of nitrogens with zero attached hydrogens (tertiary/aromatic N) is 2. The first-order valence-electron chi connectivity index (χ1n) is 12.0. The standard InChI is InChI=1S/C28H32ClN3O4S/c1-5-30-28(34)22(4)31(18-23-11-7-8-12-25(23)29)27(33)19-32(26-13-9-6-10-21(26)3)37(35,36)24-16-14-20(2)15-17-24/h6-17,22H,5,18-19H2,1-4H3,(H,30,34). The number of hydrogen-bond donors (Lipinski definition) is 1.